The van der Waals surface area contributed by atoms with E-state index in [1.54, 1.807) is 12.3 Å². The summed E-state index contributed by atoms with van der Waals surface area (Å²) in [6, 6.07) is 8.96. The van der Waals surface area contributed by atoms with Crippen molar-refractivity contribution in [2.45, 2.75) is 37.8 Å². The molecule has 9 nitrogen and oxygen atoms in total. The third kappa shape index (κ3) is 5.88. The first-order chi connectivity index (χ1) is 18.1. The summed E-state index contributed by atoms with van der Waals surface area (Å²) in [7, 11) is 0. The Kier molecular flexibility index (Phi) is 7.30. The van der Waals surface area contributed by atoms with Crippen molar-refractivity contribution in [1.29, 1.82) is 5.41 Å². The molecule has 2 aliphatic heterocycles. The van der Waals surface area contributed by atoms with Gasteiger partial charge in [0.15, 0.2) is 0 Å². The smallest absolute Gasteiger partial charge is 0.305 e. The molecule has 0 bridgehead atoms. The van der Waals surface area contributed by atoms with Crippen molar-refractivity contribution in [2.24, 2.45) is 4.99 Å². The summed E-state index contributed by atoms with van der Waals surface area (Å²) in [6.07, 6.45) is 13.4. The molecule has 0 radical (unpaired) electrons. The molecule has 0 fully saturated rings. The molecule has 2 aromatic rings. The molecule has 0 saturated heterocycles. The van der Waals surface area contributed by atoms with E-state index in [2.05, 4.69) is 27.0 Å². The molecular formula is C28H30N6O3. The number of aromatic nitrogens is 1. The lowest BCUT2D eigenvalue weighted by molar-refractivity contribution is -0.137. The second-order valence-corrected chi connectivity index (χ2v) is 9.13. The standard InChI is InChI=1S/C28H30N6O3/c29-16-19-14-21(37-13-11-20-8-7-18-4-3-12-30-28(18)32-20)9-10-22(19)33-25(15-27(35)36)26-17-31-23-5-1-2-6-24(23)34-26/h1-2,5-10,14,16-17,24-25,29,33-34H,3-4,11-13,15H2,(H,30,32)(H,35,36). The average molecular weight is 499 g/mol. The fourth-order valence-electron chi connectivity index (χ4n) is 4.59. The maximum absolute atomic E-state index is 11.6. The van der Waals surface area contributed by atoms with E-state index in [-0.39, 0.29) is 12.5 Å². The highest BCUT2D eigenvalue weighted by molar-refractivity contribution is 6.03. The van der Waals surface area contributed by atoms with Gasteiger partial charge in [-0.3, -0.25) is 9.79 Å². The highest BCUT2D eigenvalue weighted by Gasteiger charge is 2.25. The Labute approximate surface area is 215 Å². The minimum absolute atomic E-state index is 0.0959. The van der Waals surface area contributed by atoms with Crippen molar-refractivity contribution in [3.05, 3.63) is 83.4 Å². The van der Waals surface area contributed by atoms with Gasteiger partial charge >= 0.3 is 5.97 Å². The summed E-state index contributed by atoms with van der Waals surface area (Å²) >= 11 is 0. The van der Waals surface area contributed by atoms with Gasteiger partial charge in [0.05, 0.1) is 36.5 Å². The Hall–Kier alpha value is -4.40. The first-order valence-corrected chi connectivity index (χ1v) is 12.5. The van der Waals surface area contributed by atoms with Crippen LogP contribution in [0.2, 0.25) is 0 Å². The van der Waals surface area contributed by atoms with Gasteiger partial charge in [0.1, 0.15) is 11.6 Å². The number of carboxylic acids is 1. The van der Waals surface area contributed by atoms with Crippen molar-refractivity contribution >= 4 is 29.4 Å². The van der Waals surface area contributed by atoms with Crippen LogP contribution in [-0.4, -0.2) is 53.2 Å². The van der Waals surface area contributed by atoms with Crippen molar-refractivity contribution in [2.75, 3.05) is 23.8 Å². The van der Waals surface area contributed by atoms with Gasteiger partial charge < -0.3 is 31.2 Å². The number of nitrogens with zero attached hydrogens (tertiary/aromatic N) is 2. The number of nitrogens with one attached hydrogen (secondary N) is 4. The zero-order valence-electron chi connectivity index (χ0n) is 20.4. The molecule has 0 saturated carbocycles. The average Bonchev–Trinajstić information content (AvgIpc) is 2.92. The molecule has 0 spiro atoms. The largest absolute Gasteiger partial charge is 0.493 e. The number of aliphatic carboxylic acids is 1. The van der Waals surface area contributed by atoms with Crippen LogP contribution in [0.4, 0.5) is 11.5 Å². The van der Waals surface area contributed by atoms with Gasteiger partial charge in [-0.05, 0) is 48.7 Å². The van der Waals surface area contributed by atoms with Crippen LogP contribution in [0.3, 0.4) is 0 Å². The lowest BCUT2D eigenvalue weighted by atomic mass is 10.0. The van der Waals surface area contributed by atoms with Gasteiger partial charge in [-0.15, -0.1) is 0 Å². The molecule has 190 valence electrons. The number of aliphatic imine (C=N–C) groups is 1. The van der Waals surface area contributed by atoms with Gasteiger partial charge in [0.25, 0.3) is 0 Å². The molecule has 3 heterocycles. The van der Waals surface area contributed by atoms with Crippen LogP contribution in [0.5, 0.6) is 5.75 Å². The summed E-state index contributed by atoms with van der Waals surface area (Å²) in [5, 5.41) is 27.4. The third-order valence-electron chi connectivity index (χ3n) is 6.52. The number of hydrogen-bond donors (Lipinski definition) is 5. The minimum Gasteiger partial charge on any atom is -0.493 e. The van der Waals surface area contributed by atoms with E-state index < -0.39 is 12.0 Å². The molecule has 5 rings (SSSR count). The van der Waals surface area contributed by atoms with E-state index in [9.17, 15) is 9.90 Å². The van der Waals surface area contributed by atoms with Crippen LogP contribution in [0.1, 0.15) is 29.7 Å². The Bertz CT molecular complexity index is 1310. The summed E-state index contributed by atoms with van der Waals surface area (Å²) in [5.74, 6) is 0.677. The van der Waals surface area contributed by atoms with Crippen molar-refractivity contribution in [3.8, 4) is 5.75 Å². The van der Waals surface area contributed by atoms with E-state index in [4.69, 9.17) is 15.1 Å². The summed E-state index contributed by atoms with van der Waals surface area (Å²) in [4.78, 5) is 20.8. The van der Waals surface area contributed by atoms with Gasteiger partial charge in [-0.25, -0.2) is 4.98 Å². The predicted molar refractivity (Wildman–Crippen MR) is 145 cm³/mol. The normalized spacial score (nSPS) is 18.2. The molecule has 3 aliphatic rings. The third-order valence-corrected chi connectivity index (χ3v) is 6.52. The molecule has 1 aromatic heterocycles. The second-order valence-electron chi connectivity index (χ2n) is 9.13. The lowest BCUT2D eigenvalue weighted by Gasteiger charge is -2.29. The SMILES string of the molecule is N=Cc1cc(OCCc2ccc3c(n2)NCCC3)ccc1NC(CC(=O)O)C1=CN=C2C=CC=CC2N1. The molecule has 2 atom stereocenters. The van der Waals surface area contributed by atoms with Gasteiger partial charge in [-0.1, -0.05) is 24.3 Å². The number of fused-ring (bicyclic) bond motifs is 2. The van der Waals surface area contributed by atoms with Gasteiger partial charge in [0, 0.05) is 42.3 Å². The summed E-state index contributed by atoms with van der Waals surface area (Å²) in [5.41, 5.74) is 5.04. The van der Waals surface area contributed by atoms with Crippen LogP contribution in [-0.2, 0) is 17.6 Å². The summed E-state index contributed by atoms with van der Waals surface area (Å²) in [6.45, 7) is 1.41. The number of carboxylic acid groups (broad SMARTS) is 1. The number of aryl methyl sites for hydroxylation is 1. The number of pyridine rings is 1. The number of ether oxygens (including phenoxy) is 1. The second kappa shape index (κ2) is 11.1. The highest BCUT2D eigenvalue weighted by Crippen LogP contribution is 2.25. The predicted octanol–water partition coefficient (Wildman–Crippen LogP) is 3.69. The van der Waals surface area contributed by atoms with Crippen molar-refractivity contribution < 1.29 is 14.6 Å². The quantitative estimate of drug-likeness (QED) is 0.316. The number of allylic oxidation sites excluding steroid dienone is 2. The Morgan fingerprint density at radius 1 is 1.30 bits per heavy atom. The monoisotopic (exact) mass is 498 g/mol. The maximum atomic E-state index is 11.6. The van der Waals surface area contributed by atoms with Crippen LogP contribution in [0.15, 0.2) is 71.5 Å². The molecule has 0 amide bonds. The maximum Gasteiger partial charge on any atom is 0.305 e. The number of benzene rings is 1. The van der Waals surface area contributed by atoms with Gasteiger partial charge in [0.2, 0.25) is 0 Å². The van der Waals surface area contributed by atoms with Crippen molar-refractivity contribution in [1.82, 2.24) is 10.3 Å². The summed E-state index contributed by atoms with van der Waals surface area (Å²) < 4.78 is 5.96. The van der Waals surface area contributed by atoms with Gasteiger partial charge in [-0.2, -0.15) is 0 Å². The fraction of sp³-hybridized carbons (Fsp3) is 0.286. The van der Waals surface area contributed by atoms with E-state index in [0.717, 1.165) is 36.6 Å². The van der Waals surface area contributed by atoms with Crippen LogP contribution >= 0.6 is 0 Å². The Morgan fingerprint density at radius 3 is 3.08 bits per heavy atom. The molecule has 37 heavy (non-hydrogen) atoms. The zero-order valence-corrected chi connectivity index (χ0v) is 20.4. The molecule has 2 unspecified atom stereocenters. The topological polar surface area (TPSA) is 132 Å². The van der Waals surface area contributed by atoms with Crippen LogP contribution < -0.4 is 20.7 Å². The lowest BCUT2D eigenvalue weighted by Crippen LogP contribution is -2.43. The van der Waals surface area contributed by atoms with Crippen LogP contribution in [0, 0.1) is 5.41 Å². The first-order valence-electron chi connectivity index (χ1n) is 12.5. The van der Waals surface area contributed by atoms with E-state index in [0.29, 0.717) is 35.7 Å². The first kappa shape index (κ1) is 24.3. The van der Waals surface area contributed by atoms with E-state index in [1.165, 1.54) is 11.8 Å². The minimum atomic E-state index is -0.934. The highest BCUT2D eigenvalue weighted by atomic mass is 16.5. The number of rotatable bonds is 10. The molecule has 5 N–H and O–H groups in total. The Morgan fingerprint density at radius 2 is 2.22 bits per heavy atom. The van der Waals surface area contributed by atoms with E-state index in [1.807, 2.05) is 42.5 Å². The number of carbonyl (C=O) groups is 1. The molecule has 1 aromatic carbocycles. The Balaban J connectivity index is 1.25. The fourth-order valence-corrected chi connectivity index (χ4v) is 4.59. The van der Waals surface area contributed by atoms with Crippen LogP contribution in [0.25, 0.3) is 0 Å². The zero-order chi connectivity index (χ0) is 25.6. The van der Waals surface area contributed by atoms with E-state index >= 15 is 0 Å². The molecule has 1 aliphatic carbocycles. The molecule has 9 heteroatoms. The van der Waals surface area contributed by atoms with Crippen molar-refractivity contribution in [3.63, 3.8) is 0 Å². The molecular weight excluding hydrogens is 468 g/mol. The number of anilines is 2. The number of hydrogen-bond acceptors (Lipinski definition) is 8.